The highest BCUT2D eigenvalue weighted by molar-refractivity contribution is 5.69. The molecule has 1 aromatic heterocycles. The molecule has 2 heteroatoms. The lowest BCUT2D eigenvalue weighted by atomic mass is 9.89. The first-order valence-corrected chi connectivity index (χ1v) is 8.94. The van der Waals surface area contributed by atoms with Gasteiger partial charge in [0.05, 0.1) is 24.3 Å². The SMILES string of the molecule is CCCCCCCCC(C)C1c2ccccc2-c2cncn21. The van der Waals surface area contributed by atoms with Crippen molar-refractivity contribution < 1.29 is 0 Å². The van der Waals surface area contributed by atoms with Gasteiger partial charge in [-0.1, -0.05) is 76.6 Å². The standard InChI is InChI=1S/C20H28N2/c1-3-4-5-6-7-8-11-16(2)20-18-13-10-9-12-17(18)19-14-21-15-22(19)20/h9-10,12-16,20H,3-8,11H2,1-2H3. The summed E-state index contributed by atoms with van der Waals surface area (Å²) in [6.07, 6.45) is 13.6. The molecule has 0 N–H and O–H groups in total. The van der Waals surface area contributed by atoms with E-state index in [0.717, 1.165) is 0 Å². The second-order valence-corrected chi connectivity index (χ2v) is 6.75. The van der Waals surface area contributed by atoms with E-state index >= 15 is 0 Å². The fourth-order valence-electron chi connectivity index (χ4n) is 3.86. The molecule has 0 saturated carbocycles. The van der Waals surface area contributed by atoms with Crippen molar-refractivity contribution in [2.45, 2.75) is 64.8 Å². The molecule has 2 heterocycles. The van der Waals surface area contributed by atoms with E-state index in [-0.39, 0.29) is 0 Å². The highest BCUT2D eigenvalue weighted by atomic mass is 15.1. The Labute approximate surface area is 134 Å². The summed E-state index contributed by atoms with van der Waals surface area (Å²) in [6.45, 7) is 4.69. The maximum atomic E-state index is 4.37. The van der Waals surface area contributed by atoms with Gasteiger partial charge in [0, 0.05) is 5.56 Å². The molecule has 3 rings (SSSR count). The largest absolute Gasteiger partial charge is 0.323 e. The molecule has 1 aliphatic rings. The van der Waals surface area contributed by atoms with Crippen LogP contribution in [0.2, 0.25) is 0 Å². The van der Waals surface area contributed by atoms with Crippen LogP contribution in [0.15, 0.2) is 36.8 Å². The number of unbranched alkanes of at least 4 members (excludes halogenated alkanes) is 5. The third-order valence-corrected chi connectivity index (χ3v) is 5.07. The molecule has 0 saturated heterocycles. The summed E-state index contributed by atoms with van der Waals surface area (Å²) in [5, 5.41) is 0. The Morgan fingerprint density at radius 3 is 2.73 bits per heavy atom. The van der Waals surface area contributed by atoms with E-state index in [9.17, 15) is 0 Å². The van der Waals surface area contributed by atoms with Crippen molar-refractivity contribution in [2.24, 2.45) is 5.92 Å². The van der Waals surface area contributed by atoms with Gasteiger partial charge < -0.3 is 4.57 Å². The molecule has 0 aliphatic carbocycles. The number of rotatable bonds is 8. The average molecular weight is 296 g/mol. The fraction of sp³-hybridized carbons (Fsp3) is 0.550. The van der Waals surface area contributed by atoms with Gasteiger partial charge in [0.1, 0.15) is 0 Å². The molecule has 2 atom stereocenters. The third kappa shape index (κ3) is 2.97. The average Bonchev–Trinajstić information content (AvgIpc) is 3.11. The number of aromatic nitrogens is 2. The van der Waals surface area contributed by atoms with Crippen molar-refractivity contribution in [3.63, 3.8) is 0 Å². The Morgan fingerprint density at radius 2 is 1.86 bits per heavy atom. The van der Waals surface area contributed by atoms with Gasteiger partial charge in [0.15, 0.2) is 0 Å². The third-order valence-electron chi connectivity index (χ3n) is 5.07. The summed E-state index contributed by atoms with van der Waals surface area (Å²) in [5.41, 5.74) is 4.15. The number of hydrogen-bond donors (Lipinski definition) is 0. The predicted molar refractivity (Wildman–Crippen MR) is 93.0 cm³/mol. The van der Waals surface area contributed by atoms with E-state index in [0.29, 0.717) is 12.0 Å². The quantitative estimate of drug-likeness (QED) is 0.559. The molecule has 1 aliphatic heterocycles. The van der Waals surface area contributed by atoms with Crippen LogP contribution in [0.3, 0.4) is 0 Å². The number of benzene rings is 1. The highest BCUT2D eigenvalue weighted by Gasteiger charge is 2.31. The Kier molecular flexibility index (Phi) is 4.97. The van der Waals surface area contributed by atoms with Crippen LogP contribution < -0.4 is 0 Å². The van der Waals surface area contributed by atoms with Gasteiger partial charge in [-0.2, -0.15) is 0 Å². The van der Waals surface area contributed by atoms with E-state index in [2.05, 4.69) is 47.7 Å². The van der Waals surface area contributed by atoms with Gasteiger partial charge in [0.25, 0.3) is 0 Å². The number of imidazole rings is 1. The minimum absolute atomic E-state index is 0.476. The summed E-state index contributed by atoms with van der Waals surface area (Å²) < 4.78 is 2.38. The lowest BCUT2D eigenvalue weighted by molar-refractivity contribution is 0.378. The van der Waals surface area contributed by atoms with Crippen molar-refractivity contribution in [2.75, 3.05) is 0 Å². The monoisotopic (exact) mass is 296 g/mol. The van der Waals surface area contributed by atoms with Crippen molar-refractivity contribution >= 4 is 0 Å². The maximum absolute atomic E-state index is 4.37. The van der Waals surface area contributed by atoms with Gasteiger partial charge in [0.2, 0.25) is 0 Å². The van der Waals surface area contributed by atoms with Crippen LogP contribution in [-0.2, 0) is 0 Å². The molecule has 22 heavy (non-hydrogen) atoms. The summed E-state index contributed by atoms with van der Waals surface area (Å²) in [4.78, 5) is 4.37. The second kappa shape index (κ2) is 7.13. The lowest BCUT2D eigenvalue weighted by Crippen LogP contribution is -2.14. The zero-order valence-corrected chi connectivity index (χ0v) is 14.0. The predicted octanol–water partition coefficient (Wildman–Crippen LogP) is 5.84. The van der Waals surface area contributed by atoms with Gasteiger partial charge in [-0.15, -0.1) is 0 Å². The first kappa shape index (κ1) is 15.3. The smallest absolute Gasteiger partial charge is 0.0956 e. The van der Waals surface area contributed by atoms with Gasteiger partial charge in [-0.3, -0.25) is 0 Å². The van der Waals surface area contributed by atoms with E-state index < -0.39 is 0 Å². The van der Waals surface area contributed by atoms with Crippen LogP contribution in [0, 0.1) is 5.92 Å². The summed E-state index contributed by atoms with van der Waals surface area (Å²) in [7, 11) is 0. The van der Waals surface area contributed by atoms with Crippen LogP contribution in [0.1, 0.15) is 70.4 Å². The lowest BCUT2D eigenvalue weighted by Gasteiger charge is -2.22. The fourth-order valence-corrected chi connectivity index (χ4v) is 3.86. The van der Waals surface area contributed by atoms with Crippen molar-refractivity contribution in [3.8, 4) is 11.3 Å². The molecule has 2 nitrogen and oxygen atoms in total. The Balaban J connectivity index is 1.62. The summed E-state index contributed by atoms with van der Waals surface area (Å²) >= 11 is 0. The topological polar surface area (TPSA) is 17.8 Å². The number of hydrogen-bond acceptors (Lipinski definition) is 1. The molecule has 0 radical (unpaired) electrons. The van der Waals surface area contributed by atoms with Crippen LogP contribution in [0.4, 0.5) is 0 Å². The highest BCUT2D eigenvalue weighted by Crippen LogP contribution is 2.43. The minimum Gasteiger partial charge on any atom is -0.323 e. The maximum Gasteiger partial charge on any atom is 0.0956 e. The minimum atomic E-state index is 0.476. The van der Waals surface area contributed by atoms with E-state index in [1.54, 1.807) is 0 Å². The van der Waals surface area contributed by atoms with E-state index in [1.165, 1.54) is 61.8 Å². The first-order chi connectivity index (χ1) is 10.8. The van der Waals surface area contributed by atoms with Crippen LogP contribution in [-0.4, -0.2) is 9.55 Å². The van der Waals surface area contributed by atoms with Crippen LogP contribution in [0.25, 0.3) is 11.3 Å². The molecule has 118 valence electrons. The molecular weight excluding hydrogens is 268 g/mol. The number of nitrogens with zero attached hydrogens (tertiary/aromatic N) is 2. The molecule has 0 fully saturated rings. The molecule has 2 unspecified atom stereocenters. The van der Waals surface area contributed by atoms with Crippen LogP contribution in [0.5, 0.6) is 0 Å². The zero-order valence-electron chi connectivity index (χ0n) is 14.0. The Hall–Kier alpha value is -1.57. The first-order valence-electron chi connectivity index (χ1n) is 8.94. The summed E-state index contributed by atoms with van der Waals surface area (Å²) in [5.74, 6) is 0.669. The Morgan fingerprint density at radius 1 is 1.09 bits per heavy atom. The molecule has 0 bridgehead atoms. The van der Waals surface area contributed by atoms with E-state index in [4.69, 9.17) is 0 Å². The Bertz CT molecular complexity index is 599. The van der Waals surface area contributed by atoms with Crippen molar-refractivity contribution in [3.05, 3.63) is 42.4 Å². The van der Waals surface area contributed by atoms with Gasteiger partial charge in [-0.05, 0) is 17.9 Å². The normalized spacial score (nSPS) is 17.3. The van der Waals surface area contributed by atoms with Crippen molar-refractivity contribution in [1.82, 2.24) is 9.55 Å². The molecule has 0 amide bonds. The molecule has 0 spiro atoms. The molecule has 1 aromatic carbocycles. The van der Waals surface area contributed by atoms with Gasteiger partial charge >= 0.3 is 0 Å². The molecule has 2 aromatic rings. The second-order valence-electron chi connectivity index (χ2n) is 6.75. The molecular formula is C20H28N2. The summed E-state index contributed by atoms with van der Waals surface area (Å²) in [6, 6.07) is 9.31. The van der Waals surface area contributed by atoms with E-state index in [1.807, 2.05) is 12.5 Å². The van der Waals surface area contributed by atoms with Crippen LogP contribution >= 0.6 is 0 Å². The van der Waals surface area contributed by atoms with Crippen molar-refractivity contribution in [1.29, 1.82) is 0 Å². The number of fused-ring (bicyclic) bond motifs is 3. The van der Waals surface area contributed by atoms with Gasteiger partial charge in [-0.25, -0.2) is 4.98 Å². The zero-order chi connectivity index (χ0) is 15.4.